The van der Waals surface area contributed by atoms with E-state index in [9.17, 15) is 9.18 Å². The lowest BCUT2D eigenvalue weighted by molar-refractivity contribution is -0.905. The van der Waals surface area contributed by atoms with Gasteiger partial charge in [-0.1, -0.05) is 159 Å². The second-order valence-electron chi connectivity index (χ2n) is 21.9. The molecular formula is C69H96ClFN9O5+. The molecule has 0 spiro atoms. The zero-order chi connectivity index (χ0) is 64.0. The largest absolute Gasteiger partial charge is 0.495 e. The van der Waals surface area contributed by atoms with E-state index in [1.807, 2.05) is 130 Å². The summed E-state index contributed by atoms with van der Waals surface area (Å²) in [6, 6.07) is 32.7. The van der Waals surface area contributed by atoms with Crippen molar-refractivity contribution in [3.05, 3.63) is 215 Å². The predicted molar refractivity (Wildman–Crippen MR) is 345 cm³/mol. The fraction of sp³-hybridized carbons (Fsp3) is 0.406. The Labute approximate surface area is 513 Å². The zero-order valence-electron chi connectivity index (χ0n) is 54.0. The van der Waals surface area contributed by atoms with Crippen molar-refractivity contribution in [3.63, 3.8) is 0 Å². The number of hydrogen-bond donors (Lipinski definition) is 2. The molecule has 0 aliphatic heterocycles. The monoisotopic (exact) mass is 1180 g/mol. The number of carbonyl (C=O) groups is 1. The molecule has 2 N–H and O–H groups in total. The molecule has 0 saturated heterocycles. The van der Waals surface area contributed by atoms with Crippen molar-refractivity contribution < 1.29 is 33.3 Å². The fourth-order valence-electron chi connectivity index (χ4n) is 6.68. The van der Waals surface area contributed by atoms with E-state index < -0.39 is 0 Å². The van der Waals surface area contributed by atoms with Crippen molar-refractivity contribution in [3.8, 4) is 17.5 Å². The molecular weight excluding hydrogens is 1090 g/mol. The minimum Gasteiger partial charge on any atom is -0.495 e. The molecule has 85 heavy (non-hydrogen) atoms. The molecule has 0 aliphatic carbocycles. The molecule has 0 atom stereocenters. The van der Waals surface area contributed by atoms with Crippen LogP contribution in [0.4, 0.5) is 10.2 Å². The Balaban J connectivity index is 0.000000487. The van der Waals surface area contributed by atoms with Gasteiger partial charge in [0.05, 0.1) is 27.5 Å². The summed E-state index contributed by atoms with van der Waals surface area (Å²) in [4.78, 5) is 38.9. The lowest BCUT2D eigenvalue weighted by Crippen LogP contribution is -2.28. The van der Waals surface area contributed by atoms with E-state index in [0.29, 0.717) is 69.7 Å². The highest BCUT2D eigenvalue weighted by Gasteiger charge is 2.07. The molecule has 14 nitrogen and oxygen atoms in total. The van der Waals surface area contributed by atoms with E-state index >= 15 is 0 Å². The number of amides is 1. The van der Waals surface area contributed by atoms with Crippen LogP contribution in [-0.4, -0.2) is 67.3 Å². The molecule has 0 unspecified atom stereocenters. The van der Waals surface area contributed by atoms with E-state index in [0.717, 1.165) is 27.4 Å². The molecule has 0 bridgehead atoms. The standard InChI is InChI=1S/C10H14N2O.3C9H13NO.C8H10ClN.C8H10FN.C8H12NO.C8H11N/c1-7(2)9-4-5-10(11-6-9)12-8(3)13;1-7(2)8-4-9(11-3)6-10-5-8;1-7(2)8-4-5-9(11-3)10-6-8;1-7(2)8-5-4-6-9(10-8)11-3;1-6(2)7-3-4-8(9)10-5-7;1-6(2)7-4-3-5-10-8(7)9;1-7(2)8-4-3-5-9(10)6-8;1-7(2)8-5-3-4-6-9-8/h4-7H,1-3H3,(H,11,12,13);3*4-7H,1-3H3;2*3-6H,1-2H3;3-7,10H,1-2H3;3-7H,1-2H3/q;;;;;;+1;. The van der Waals surface area contributed by atoms with Crippen LogP contribution in [0.3, 0.4) is 0 Å². The molecule has 0 radical (unpaired) electrons. The number of pyridine rings is 8. The van der Waals surface area contributed by atoms with Gasteiger partial charge in [0, 0.05) is 89.5 Å². The molecule has 8 heterocycles. The van der Waals surface area contributed by atoms with Crippen LogP contribution < -0.4 is 24.3 Å². The summed E-state index contributed by atoms with van der Waals surface area (Å²) in [6.07, 6.45) is 15.6. The number of carbonyl (C=O) groups excluding carboxylic acids is 1. The van der Waals surface area contributed by atoms with Crippen molar-refractivity contribution in [2.24, 2.45) is 0 Å². The summed E-state index contributed by atoms with van der Waals surface area (Å²) < 4.78 is 28.8. The van der Waals surface area contributed by atoms with E-state index in [4.69, 9.17) is 31.0 Å². The van der Waals surface area contributed by atoms with Gasteiger partial charge in [0.15, 0.2) is 0 Å². The average Bonchev–Trinajstić information content (AvgIpc) is 3.54. The number of anilines is 1. The molecule has 0 fully saturated rings. The van der Waals surface area contributed by atoms with Crippen molar-refractivity contribution in [2.75, 3.05) is 26.6 Å². The maximum absolute atomic E-state index is 12.7. The number of methoxy groups -OCH3 is 3. The van der Waals surface area contributed by atoms with Crippen molar-refractivity contribution in [2.45, 2.75) is 165 Å². The summed E-state index contributed by atoms with van der Waals surface area (Å²) in [5.41, 5.74) is 8.92. The Bertz CT molecular complexity index is 2970. The van der Waals surface area contributed by atoms with Crippen molar-refractivity contribution in [1.82, 2.24) is 34.9 Å². The highest BCUT2D eigenvalue weighted by molar-refractivity contribution is 6.29. The lowest BCUT2D eigenvalue weighted by Gasteiger charge is -2.05. The maximum atomic E-state index is 12.7. The maximum Gasteiger partial charge on any atom is 0.225 e. The van der Waals surface area contributed by atoms with Gasteiger partial charge >= 0.3 is 0 Å². The third-order valence-electron chi connectivity index (χ3n) is 12.2. The van der Waals surface area contributed by atoms with E-state index in [1.165, 1.54) is 35.4 Å². The van der Waals surface area contributed by atoms with Gasteiger partial charge in [-0.25, -0.2) is 24.9 Å². The number of aromatic nitrogens is 8. The third-order valence-corrected chi connectivity index (χ3v) is 12.4. The highest BCUT2D eigenvalue weighted by atomic mass is 35.5. The first kappa shape index (κ1) is 75.1. The van der Waals surface area contributed by atoms with Crippen LogP contribution in [0.25, 0.3) is 0 Å². The van der Waals surface area contributed by atoms with Gasteiger partial charge in [-0.15, -0.1) is 0 Å². The molecule has 0 saturated carbocycles. The molecule has 0 aromatic carbocycles. The van der Waals surface area contributed by atoms with Gasteiger partial charge in [0.1, 0.15) is 16.7 Å². The molecule has 16 heteroatoms. The van der Waals surface area contributed by atoms with E-state index in [2.05, 4.69) is 137 Å². The number of halogens is 2. The van der Waals surface area contributed by atoms with Crippen molar-refractivity contribution >= 4 is 23.3 Å². The first-order chi connectivity index (χ1) is 40.2. The summed E-state index contributed by atoms with van der Waals surface area (Å²) in [5.74, 6) is 6.11. The van der Waals surface area contributed by atoms with E-state index in [-0.39, 0.29) is 17.8 Å². The Morgan fingerprint density at radius 1 is 0.506 bits per heavy atom. The Hall–Kier alpha value is -7.91. The van der Waals surface area contributed by atoms with Gasteiger partial charge in [0.25, 0.3) is 0 Å². The van der Waals surface area contributed by atoms with Gasteiger partial charge in [0.2, 0.25) is 36.0 Å². The number of rotatable bonds is 12. The van der Waals surface area contributed by atoms with Crippen LogP contribution in [0.1, 0.15) is 210 Å². The summed E-state index contributed by atoms with van der Waals surface area (Å²) in [7, 11) is 4.91. The topological polar surface area (TPSA) is 171 Å². The number of nitrogens with one attached hydrogen (secondary N) is 1. The molecule has 460 valence electrons. The molecule has 8 rings (SSSR count). The van der Waals surface area contributed by atoms with Gasteiger partial charge in [-0.2, -0.15) is 4.39 Å². The normalized spacial score (nSPS) is 10.2. The van der Waals surface area contributed by atoms with E-state index in [1.54, 1.807) is 58.2 Å². The van der Waals surface area contributed by atoms with Gasteiger partial charge in [-0.3, -0.25) is 20.0 Å². The quantitative estimate of drug-likeness (QED) is 0.0675. The first-order valence-corrected chi connectivity index (χ1v) is 29.2. The third kappa shape index (κ3) is 32.7. The number of ether oxygens (including phenoxy) is 3. The summed E-state index contributed by atoms with van der Waals surface area (Å²) in [6.45, 7) is 35.1. The molecule has 8 aromatic rings. The molecule has 0 aliphatic rings. The fourth-order valence-corrected chi connectivity index (χ4v) is 6.79. The minimum atomic E-state index is -0.350. The lowest BCUT2D eigenvalue weighted by atomic mass is 10.1. The molecule has 1 amide bonds. The smallest absolute Gasteiger partial charge is 0.225 e. The van der Waals surface area contributed by atoms with Crippen LogP contribution in [0.2, 0.25) is 5.15 Å². The Morgan fingerprint density at radius 2 is 1.06 bits per heavy atom. The Kier molecular flexibility index (Phi) is 37.1. The van der Waals surface area contributed by atoms with Crippen LogP contribution in [0.5, 0.6) is 17.5 Å². The van der Waals surface area contributed by atoms with Crippen LogP contribution >= 0.6 is 11.6 Å². The summed E-state index contributed by atoms with van der Waals surface area (Å²) in [5, 5.41) is 12.2. The number of nitrogens with zero attached hydrogens (tertiary/aromatic N) is 8. The van der Waals surface area contributed by atoms with Gasteiger partial charge < -0.3 is 19.5 Å². The second kappa shape index (κ2) is 42.0. The average molecular weight is 1190 g/mol. The summed E-state index contributed by atoms with van der Waals surface area (Å²) >= 11 is 5.61. The number of hydrogen-bond acceptors (Lipinski definition) is 12. The zero-order valence-corrected chi connectivity index (χ0v) is 54.8. The predicted octanol–water partition coefficient (Wildman–Crippen LogP) is 17.5. The van der Waals surface area contributed by atoms with Gasteiger partial charge in [-0.05, 0) is 118 Å². The minimum absolute atomic E-state index is 0.0928. The van der Waals surface area contributed by atoms with Crippen LogP contribution in [0, 0.1) is 5.95 Å². The molecule has 8 aromatic heterocycles. The van der Waals surface area contributed by atoms with Crippen LogP contribution in [-0.2, 0) is 4.79 Å². The highest BCUT2D eigenvalue weighted by Crippen LogP contribution is 2.20. The Morgan fingerprint density at radius 3 is 1.46 bits per heavy atom. The van der Waals surface area contributed by atoms with Crippen molar-refractivity contribution in [1.29, 1.82) is 0 Å². The van der Waals surface area contributed by atoms with Crippen LogP contribution in [0.15, 0.2) is 159 Å². The second-order valence-corrected chi connectivity index (χ2v) is 22.2. The first-order valence-electron chi connectivity index (χ1n) is 28.8. The SMILES string of the molecule is CC(=O)Nc1ccc(C(C)C)cn1.CC(C)c1ccc(Cl)nc1.CC(C)c1ccc[n+](O)c1.CC(C)c1ccccn1.CC(C)c1cccnc1F.COc1ccc(C(C)C)cn1.COc1cccc(C(C)C)n1.COc1cncc(C(C)C)c1.